The molecule has 0 atom stereocenters. The molecule has 0 spiro atoms. The molecule has 1 aliphatic rings. The molecule has 0 amide bonds. The van der Waals surface area contributed by atoms with E-state index >= 15 is 0 Å². The normalized spacial score (nSPS) is 13.8. The van der Waals surface area contributed by atoms with E-state index in [2.05, 4.69) is 39.1 Å². The first-order valence-electron chi connectivity index (χ1n) is 5.70. The summed E-state index contributed by atoms with van der Waals surface area (Å²) < 4.78 is 0. The second-order valence-electron chi connectivity index (χ2n) is 4.26. The van der Waals surface area contributed by atoms with Gasteiger partial charge in [0.25, 0.3) is 0 Å². The first-order valence-corrected chi connectivity index (χ1v) is 5.70. The second kappa shape index (κ2) is 3.73. The summed E-state index contributed by atoms with van der Waals surface area (Å²) in [4.78, 5) is 10.6. The maximum atomic E-state index is 5.70. The Balaban J connectivity index is 2.06. The minimum atomic E-state index is 0.337. The average Bonchev–Trinajstić information content (AvgIpc) is 2.71. The molecular weight excluding hydrogens is 212 g/mol. The van der Waals surface area contributed by atoms with Crippen LogP contribution in [0.25, 0.3) is 0 Å². The van der Waals surface area contributed by atoms with Crippen LogP contribution in [0.4, 0.5) is 17.5 Å². The smallest absolute Gasteiger partial charge is 0.222 e. The number of benzene rings is 1. The summed E-state index contributed by atoms with van der Waals surface area (Å²) in [5.41, 5.74) is 9.19. The lowest BCUT2D eigenvalue weighted by Gasteiger charge is -2.18. The molecule has 0 saturated heterocycles. The van der Waals surface area contributed by atoms with Crippen LogP contribution in [-0.2, 0) is 6.42 Å². The van der Waals surface area contributed by atoms with Gasteiger partial charge in [0, 0.05) is 24.0 Å². The highest BCUT2D eigenvalue weighted by atomic mass is 15.2. The van der Waals surface area contributed by atoms with Gasteiger partial charge in [-0.2, -0.15) is 4.98 Å². The van der Waals surface area contributed by atoms with Crippen LogP contribution in [-0.4, -0.2) is 16.5 Å². The fourth-order valence-electron chi connectivity index (χ4n) is 2.29. The van der Waals surface area contributed by atoms with Crippen LogP contribution in [0.5, 0.6) is 0 Å². The Morgan fingerprint density at radius 3 is 2.88 bits per heavy atom. The number of aryl methyl sites for hydroxylation is 1. The van der Waals surface area contributed by atoms with Crippen molar-refractivity contribution in [2.24, 2.45) is 0 Å². The summed E-state index contributed by atoms with van der Waals surface area (Å²) in [6.45, 7) is 2.89. The number of nitrogens with zero attached hydrogens (tertiary/aromatic N) is 3. The maximum Gasteiger partial charge on any atom is 0.222 e. The van der Waals surface area contributed by atoms with Crippen molar-refractivity contribution < 1.29 is 0 Å². The molecule has 2 aromatic rings. The highest BCUT2D eigenvalue weighted by Gasteiger charge is 2.21. The van der Waals surface area contributed by atoms with Gasteiger partial charge in [-0.25, -0.2) is 4.98 Å². The fraction of sp³-hybridized carbons (Fsp3) is 0.231. The van der Waals surface area contributed by atoms with Gasteiger partial charge in [0.15, 0.2) is 0 Å². The molecule has 2 heterocycles. The van der Waals surface area contributed by atoms with E-state index < -0.39 is 0 Å². The van der Waals surface area contributed by atoms with Crippen LogP contribution >= 0.6 is 0 Å². The Kier molecular flexibility index (Phi) is 2.21. The van der Waals surface area contributed by atoms with Crippen molar-refractivity contribution >= 4 is 17.5 Å². The molecule has 0 saturated carbocycles. The first kappa shape index (κ1) is 10.1. The molecule has 0 bridgehead atoms. The van der Waals surface area contributed by atoms with Crippen molar-refractivity contribution in [3.05, 3.63) is 41.6 Å². The Morgan fingerprint density at radius 2 is 2.06 bits per heavy atom. The van der Waals surface area contributed by atoms with Crippen LogP contribution in [0.1, 0.15) is 11.3 Å². The van der Waals surface area contributed by atoms with Crippen LogP contribution in [0.2, 0.25) is 0 Å². The quantitative estimate of drug-likeness (QED) is 0.808. The van der Waals surface area contributed by atoms with Gasteiger partial charge in [-0.15, -0.1) is 0 Å². The van der Waals surface area contributed by atoms with Crippen molar-refractivity contribution in [1.82, 2.24) is 9.97 Å². The van der Waals surface area contributed by atoms with E-state index in [1.165, 1.54) is 11.3 Å². The Bertz CT molecular complexity index is 545. The number of para-hydroxylation sites is 1. The average molecular weight is 226 g/mol. The van der Waals surface area contributed by atoms with E-state index in [-0.39, 0.29) is 0 Å². The fourth-order valence-corrected chi connectivity index (χ4v) is 2.29. The number of hydrogen-bond donors (Lipinski definition) is 1. The van der Waals surface area contributed by atoms with Crippen LogP contribution in [0.3, 0.4) is 0 Å². The molecule has 3 rings (SSSR count). The molecule has 86 valence electrons. The summed E-state index contributed by atoms with van der Waals surface area (Å²) in [5.74, 6) is 1.23. The van der Waals surface area contributed by atoms with E-state index in [0.717, 1.165) is 24.5 Å². The van der Waals surface area contributed by atoms with E-state index in [1.54, 1.807) is 0 Å². The van der Waals surface area contributed by atoms with Gasteiger partial charge in [-0.3, -0.25) is 0 Å². The van der Waals surface area contributed by atoms with Gasteiger partial charge in [-0.05, 0) is 25.0 Å². The molecule has 0 radical (unpaired) electrons. The predicted octanol–water partition coefficient (Wildman–Crippen LogP) is 2.06. The Morgan fingerprint density at radius 1 is 1.24 bits per heavy atom. The number of fused-ring (bicyclic) bond motifs is 1. The number of nitrogens with two attached hydrogens (primary N) is 1. The third-order valence-electron chi connectivity index (χ3n) is 3.02. The molecule has 1 aliphatic heterocycles. The molecule has 17 heavy (non-hydrogen) atoms. The molecular formula is C13H14N4. The van der Waals surface area contributed by atoms with E-state index in [1.807, 2.05) is 13.0 Å². The number of hydrogen-bond acceptors (Lipinski definition) is 4. The molecule has 0 unspecified atom stereocenters. The van der Waals surface area contributed by atoms with Crippen molar-refractivity contribution in [3.8, 4) is 0 Å². The van der Waals surface area contributed by atoms with E-state index in [9.17, 15) is 0 Å². The minimum absolute atomic E-state index is 0.337. The van der Waals surface area contributed by atoms with Gasteiger partial charge in [0.05, 0.1) is 0 Å². The molecule has 1 aromatic heterocycles. The van der Waals surface area contributed by atoms with Gasteiger partial charge in [0.2, 0.25) is 5.95 Å². The lowest BCUT2D eigenvalue weighted by molar-refractivity contribution is 0.961. The van der Waals surface area contributed by atoms with Gasteiger partial charge in [0.1, 0.15) is 5.82 Å². The highest BCUT2D eigenvalue weighted by Crippen LogP contribution is 2.33. The zero-order valence-electron chi connectivity index (χ0n) is 9.72. The zero-order chi connectivity index (χ0) is 11.8. The first-order chi connectivity index (χ1) is 8.24. The lowest BCUT2D eigenvalue weighted by Crippen LogP contribution is -2.16. The molecule has 2 N–H and O–H groups in total. The SMILES string of the molecule is Cc1cc(N2CCc3ccccc32)nc(N)n1. The van der Waals surface area contributed by atoms with Crippen molar-refractivity contribution in [2.75, 3.05) is 17.2 Å². The number of nitrogen functional groups attached to an aromatic ring is 1. The maximum absolute atomic E-state index is 5.70. The number of anilines is 3. The van der Waals surface area contributed by atoms with Crippen LogP contribution in [0, 0.1) is 6.92 Å². The second-order valence-corrected chi connectivity index (χ2v) is 4.26. The van der Waals surface area contributed by atoms with Gasteiger partial charge in [-0.1, -0.05) is 18.2 Å². The minimum Gasteiger partial charge on any atom is -0.368 e. The van der Waals surface area contributed by atoms with Crippen molar-refractivity contribution in [1.29, 1.82) is 0 Å². The number of rotatable bonds is 1. The third-order valence-corrected chi connectivity index (χ3v) is 3.02. The summed E-state index contributed by atoms with van der Waals surface area (Å²) in [7, 11) is 0. The van der Waals surface area contributed by atoms with Crippen LogP contribution in [0.15, 0.2) is 30.3 Å². The van der Waals surface area contributed by atoms with Gasteiger partial charge >= 0.3 is 0 Å². The number of aromatic nitrogens is 2. The zero-order valence-corrected chi connectivity index (χ0v) is 9.72. The predicted molar refractivity (Wildman–Crippen MR) is 68.3 cm³/mol. The summed E-state index contributed by atoms with van der Waals surface area (Å²) in [6.07, 6.45) is 1.05. The van der Waals surface area contributed by atoms with Crippen molar-refractivity contribution in [2.45, 2.75) is 13.3 Å². The third kappa shape index (κ3) is 1.71. The van der Waals surface area contributed by atoms with E-state index in [0.29, 0.717) is 5.95 Å². The monoisotopic (exact) mass is 226 g/mol. The van der Waals surface area contributed by atoms with Gasteiger partial charge < -0.3 is 10.6 Å². The molecule has 4 nitrogen and oxygen atoms in total. The molecule has 4 heteroatoms. The highest BCUT2D eigenvalue weighted by molar-refractivity contribution is 5.68. The van der Waals surface area contributed by atoms with E-state index in [4.69, 9.17) is 5.73 Å². The summed E-state index contributed by atoms with van der Waals surface area (Å²) in [5, 5.41) is 0. The lowest BCUT2D eigenvalue weighted by atomic mass is 10.2. The topological polar surface area (TPSA) is 55.0 Å². The molecule has 0 aliphatic carbocycles. The molecule has 1 aromatic carbocycles. The Labute approximate surface area is 100 Å². The summed E-state index contributed by atoms with van der Waals surface area (Å²) in [6, 6.07) is 10.4. The largest absolute Gasteiger partial charge is 0.368 e. The molecule has 0 fully saturated rings. The standard InChI is InChI=1S/C13H14N4/c1-9-8-12(16-13(14)15-9)17-7-6-10-4-2-3-5-11(10)17/h2-5,8H,6-7H2,1H3,(H2,14,15,16). The summed E-state index contributed by atoms with van der Waals surface area (Å²) >= 11 is 0. The van der Waals surface area contributed by atoms with Crippen LogP contribution < -0.4 is 10.6 Å². The van der Waals surface area contributed by atoms with Crippen molar-refractivity contribution in [3.63, 3.8) is 0 Å². The Hall–Kier alpha value is -2.10.